The molecule has 0 aliphatic rings. The van der Waals surface area contributed by atoms with Crippen molar-refractivity contribution in [2.45, 2.75) is 0 Å². The van der Waals surface area contributed by atoms with E-state index in [-0.39, 0.29) is 0 Å². The van der Waals surface area contributed by atoms with Gasteiger partial charge in [0.15, 0.2) is 0 Å². The molecular formula is C38H23N5. The molecule has 5 aromatic carbocycles. The maximum atomic E-state index is 4.73. The second-order valence-corrected chi connectivity index (χ2v) is 11.1. The molecule has 0 N–H and O–H groups in total. The quantitative estimate of drug-likeness (QED) is 0.202. The summed E-state index contributed by atoms with van der Waals surface area (Å²) < 4.78 is 7.04. The Morgan fingerprint density at radius 2 is 1.12 bits per heavy atom. The Hall–Kier alpha value is -5.94. The van der Waals surface area contributed by atoms with Crippen molar-refractivity contribution in [3.63, 3.8) is 0 Å². The van der Waals surface area contributed by atoms with Crippen LogP contribution in [0.15, 0.2) is 140 Å². The summed E-state index contributed by atoms with van der Waals surface area (Å²) in [6, 6.07) is 41.4. The van der Waals surface area contributed by atoms with E-state index in [2.05, 4.69) is 140 Å². The normalized spacial score (nSPS) is 12.2. The summed E-state index contributed by atoms with van der Waals surface area (Å²) in [5.74, 6) is 0. The fourth-order valence-corrected chi connectivity index (χ4v) is 7.30. The maximum Gasteiger partial charge on any atom is 0.145 e. The van der Waals surface area contributed by atoms with Crippen LogP contribution in [-0.2, 0) is 0 Å². The molecule has 0 unspecified atom stereocenters. The van der Waals surface area contributed by atoms with Crippen molar-refractivity contribution in [1.29, 1.82) is 0 Å². The molecule has 0 bridgehead atoms. The molecule has 10 aromatic rings. The van der Waals surface area contributed by atoms with E-state index in [0.717, 1.165) is 33.3 Å². The highest BCUT2D eigenvalue weighted by atomic mass is 15.0. The average molecular weight is 550 g/mol. The van der Waals surface area contributed by atoms with Crippen molar-refractivity contribution < 1.29 is 0 Å². The lowest BCUT2D eigenvalue weighted by Crippen LogP contribution is -1.97. The lowest BCUT2D eigenvalue weighted by molar-refractivity contribution is 1.17. The van der Waals surface area contributed by atoms with Crippen LogP contribution in [0, 0.1) is 0 Å². The zero-order chi connectivity index (χ0) is 28.1. The molecule has 0 atom stereocenters. The Bertz CT molecular complexity index is 2710. The molecule has 5 heteroatoms. The summed E-state index contributed by atoms with van der Waals surface area (Å²) in [5.41, 5.74) is 9.10. The number of pyridine rings is 2. The van der Waals surface area contributed by atoms with Gasteiger partial charge >= 0.3 is 0 Å². The molecule has 0 fully saturated rings. The Balaban J connectivity index is 1.52. The first-order valence-corrected chi connectivity index (χ1v) is 14.5. The second kappa shape index (κ2) is 8.30. The van der Waals surface area contributed by atoms with E-state index in [9.17, 15) is 0 Å². The van der Waals surface area contributed by atoms with Crippen LogP contribution < -0.4 is 0 Å². The topological polar surface area (TPSA) is 40.1 Å². The van der Waals surface area contributed by atoms with Crippen LogP contribution >= 0.6 is 0 Å². The van der Waals surface area contributed by atoms with Crippen molar-refractivity contribution >= 4 is 70.9 Å². The minimum Gasteiger partial charge on any atom is -0.309 e. The fraction of sp³-hybridized carbons (Fsp3) is 0. The van der Waals surface area contributed by atoms with Gasteiger partial charge in [-0.2, -0.15) is 0 Å². The second-order valence-electron chi connectivity index (χ2n) is 11.1. The molecule has 0 aliphatic carbocycles. The summed E-state index contributed by atoms with van der Waals surface area (Å²) in [4.78, 5) is 9.33. The van der Waals surface area contributed by atoms with Gasteiger partial charge in [-0.3, -0.25) is 9.38 Å². The van der Waals surface area contributed by atoms with E-state index in [1.165, 1.54) is 49.0 Å². The summed E-state index contributed by atoms with van der Waals surface area (Å²) >= 11 is 0. The molecule has 0 saturated carbocycles. The van der Waals surface area contributed by atoms with Crippen molar-refractivity contribution in [2.24, 2.45) is 0 Å². The van der Waals surface area contributed by atoms with Gasteiger partial charge < -0.3 is 9.13 Å². The molecule has 5 aromatic heterocycles. The highest BCUT2D eigenvalue weighted by molar-refractivity contribution is 6.33. The van der Waals surface area contributed by atoms with Gasteiger partial charge in [0.2, 0.25) is 0 Å². The molecule has 0 radical (unpaired) electrons. The van der Waals surface area contributed by atoms with Gasteiger partial charge in [-0.25, -0.2) is 4.98 Å². The smallest absolute Gasteiger partial charge is 0.145 e. The SMILES string of the molecule is c1ccc(-n2c3ccccc3c3c4c5ccc6c(c7cnccc7c7nccn67)c5n(-c5ccccc5)c4ccc32)cc1. The highest BCUT2D eigenvalue weighted by Gasteiger charge is 2.23. The maximum absolute atomic E-state index is 4.73. The van der Waals surface area contributed by atoms with Crippen LogP contribution in [0.25, 0.3) is 82.3 Å². The fourth-order valence-electron chi connectivity index (χ4n) is 7.30. The van der Waals surface area contributed by atoms with E-state index >= 15 is 0 Å². The lowest BCUT2D eigenvalue weighted by atomic mass is 10.0. The Labute approximate surface area is 245 Å². The zero-order valence-corrected chi connectivity index (χ0v) is 23.0. The van der Waals surface area contributed by atoms with Crippen LogP contribution in [-0.4, -0.2) is 23.5 Å². The van der Waals surface area contributed by atoms with Crippen molar-refractivity contribution in [2.75, 3.05) is 0 Å². The standard InChI is InChI=1S/C38H23N5/c1-3-9-24(10-4-1)42-30-14-8-7-13-27(30)34-32(42)17-18-33-35(34)28-15-16-31-36(37(28)43(33)25-11-5-2-6-12-25)29-23-39-20-19-26(29)38-40-21-22-41(31)38/h1-23H. The molecule has 10 rings (SSSR count). The average Bonchev–Trinajstić information content (AvgIpc) is 3.78. The number of para-hydroxylation sites is 3. The molecular weight excluding hydrogens is 526 g/mol. The third-order valence-electron chi connectivity index (χ3n) is 8.97. The van der Waals surface area contributed by atoms with Gasteiger partial charge in [0.25, 0.3) is 0 Å². The van der Waals surface area contributed by atoms with Crippen LogP contribution in [0.4, 0.5) is 0 Å². The number of aromatic nitrogens is 5. The molecule has 43 heavy (non-hydrogen) atoms. The van der Waals surface area contributed by atoms with Crippen LogP contribution in [0.1, 0.15) is 0 Å². The van der Waals surface area contributed by atoms with Crippen LogP contribution in [0.2, 0.25) is 0 Å². The monoisotopic (exact) mass is 549 g/mol. The number of nitrogens with zero attached hydrogens (tertiary/aromatic N) is 5. The lowest BCUT2D eigenvalue weighted by Gasteiger charge is -2.13. The summed E-state index contributed by atoms with van der Waals surface area (Å²) in [5, 5.41) is 8.36. The largest absolute Gasteiger partial charge is 0.309 e. The number of imidazole rings is 1. The van der Waals surface area contributed by atoms with E-state index in [4.69, 9.17) is 4.98 Å². The van der Waals surface area contributed by atoms with Crippen molar-refractivity contribution in [1.82, 2.24) is 23.5 Å². The van der Waals surface area contributed by atoms with Crippen molar-refractivity contribution in [3.8, 4) is 11.4 Å². The molecule has 0 saturated heterocycles. The van der Waals surface area contributed by atoms with Gasteiger partial charge in [-0.05, 0) is 54.6 Å². The Morgan fingerprint density at radius 3 is 1.93 bits per heavy atom. The third-order valence-corrected chi connectivity index (χ3v) is 8.97. The Kier molecular flexibility index (Phi) is 4.39. The molecule has 0 spiro atoms. The third kappa shape index (κ3) is 2.90. The number of benzene rings is 5. The number of hydrogen-bond donors (Lipinski definition) is 0. The summed E-state index contributed by atoms with van der Waals surface area (Å²) in [6.45, 7) is 0. The van der Waals surface area contributed by atoms with E-state index in [1.807, 2.05) is 18.6 Å². The molecule has 0 aliphatic heterocycles. The number of fused-ring (bicyclic) bond motifs is 14. The Morgan fingerprint density at radius 1 is 0.442 bits per heavy atom. The first-order chi connectivity index (χ1) is 21.4. The molecule has 5 nitrogen and oxygen atoms in total. The molecule has 200 valence electrons. The van der Waals surface area contributed by atoms with Crippen molar-refractivity contribution in [3.05, 3.63) is 140 Å². The number of hydrogen-bond acceptors (Lipinski definition) is 2. The van der Waals surface area contributed by atoms with E-state index in [1.54, 1.807) is 0 Å². The molecule has 5 heterocycles. The van der Waals surface area contributed by atoms with E-state index < -0.39 is 0 Å². The first kappa shape index (κ1) is 22.7. The first-order valence-electron chi connectivity index (χ1n) is 14.5. The summed E-state index contributed by atoms with van der Waals surface area (Å²) in [7, 11) is 0. The van der Waals surface area contributed by atoms with Gasteiger partial charge in [0.05, 0.1) is 27.6 Å². The van der Waals surface area contributed by atoms with Crippen LogP contribution in [0.3, 0.4) is 0 Å². The van der Waals surface area contributed by atoms with Crippen LogP contribution in [0.5, 0.6) is 0 Å². The van der Waals surface area contributed by atoms with Gasteiger partial charge in [-0.1, -0.05) is 60.7 Å². The van der Waals surface area contributed by atoms with E-state index in [0.29, 0.717) is 0 Å². The number of rotatable bonds is 2. The predicted molar refractivity (Wildman–Crippen MR) is 177 cm³/mol. The minimum absolute atomic E-state index is 0.944. The summed E-state index contributed by atoms with van der Waals surface area (Å²) in [6.07, 6.45) is 7.80. The van der Waals surface area contributed by atoms with Gasteiger partial charge in [-0.15, -0.1) is 0 Å². The minimum atomic E-state index is 0.944. The molecule has 0 amide bonds. The van der Waals surface area contributed by atoms with Gasteiger partial charge in [0, 0.05) is 73.9 Å². The predicted octanol–water partition coefficient (Wildman–Crippen LogP) is 9.23. The zero-order valence-electron chi connectivity index (χ0n) is 23.0. The van der Waals surface area contributed by atoms with Gasteiger partial charge in [0.1, 0.15) is 5.65 Å². The highest BCUT2D eigenvalue weighted by Crippen LogP contribution is 2.45.